The van der Waals surface area contributed by atoms with Crippen molar-refractivity contribution in [2.24, 2.45) is 0 Å². The van der Waals surface area contributed by atoms with Crippen LogP contribution in [0.1, 0.15) is 60.1 Å². The van der Waals surface area contributed by atoms with Crippen molar-refractivity contribution in [3.63, 3.8) is 0 Å². The number of benzene rings is 1. The lowest BCUT2D eigenvalue weighted by Gasteiger charge is -2.23. The summed E-state index contributed by atoms with van der Waals surface area (Å²) in [4.78, 5) is 10.9. The van der Waals surface area contributed by atoms with Crippen molar-refractivity contribution in [2.75, 3.05) is 0 Å². The average molecular weight is 278 g/mol. The number of hydrogen-bond acceptors (Lipinski definition) is 2. The lowest BCUT2D eigenvalue weighted by atomic mass is 9.82. The fourth-order valence-corrected chi connectivity index (χ4v) is 2.88. The molecule has 0 spiro atoms. The van der Waals surface area contributed by atoms with Crippen LogP contribution in [0.2, 0.25) is 0 Å². The molecular formula is C15H16ClNO2. The predicted molar refractivity (Wildman–Crippen MR) is 73.2 cm³/mol. The average Bonchev–Trinajstić information content (AvgIpc) is 2.46. The van der Waals surface area contributed by atoms with Gasteiger partial charge in [-0.3, -0.25) is 4.79 Å². The Hall–Kier alpha value is -1.53. The van der Waals surface area contributed by atoms with Gasteiger partial charge in [0.2, 0.25) is 0 Å². The van der Waals surface area contributed by atoms with E-state index in [9.17, 15) is 10.1 Å². The van der Waals surface area contributed by atoms with Crippen molar-refractivity contribution in [3.8, 4) is 6.07 Å². The number of halogens is 1. The Morgan fingerprint density at radius 2 is 2.05 bits per heavy atom. The Bertz CT molecular complexity index is 515. The Kier molecular flexibility index (Phi) is 4.44. The van der Waals surface area contributed by atoms with Crippen molar-refractivity contribution < 1.29 is 9.90 Å². The quantitative estimate of drug-likeness (QED) is 0.850. The zero-order chi connectivity index (χ0) is 13.8. The van der Waals surface area contributed by atoms with Crippen molar-refractivity contribution in [2.45, 2.75) is 43.4 Å². The number of carbonyl (C=O) groups is 1. The van der Waals surface area contributed by atoms with E-state index in [1.54, 1.807) is 12.1 Å². The van der Waals surface area contributed by atoms with Gasteiger partial charge in [0.15, 0.2) is 5.38 Å². The molecule has 1 aromatic carbocycles. The summed E-state index contributed by atoms with van der Waals surface area (Å²) < 4.78 is 0. The zero-order valence-electron chi connectivity index (χ0n) is 10.6. The Morgan fingerprint density at radius 1 is 1.37 bits per heavy atom. The molecule has 1 atom stereocenters. The molecule has 1 aromatic rings. The van der Waals surface area contributed by atoms with Gasteiger partial charge < -0.3 is 5.11 Å². The van der Waals surface area contributed by atoms with Crippen LogP contribution in [0, 0.1) is 11.3 Å². The van der Waals surface area contributed by atoms with Gasteiger partial charge in [-0.05, 0) is 36.0 Å². The van der Waals surface area contributed by atoms with E-state index in [4.69, 9.17) is 16.7 Å². The minimum Gasteiger partial charge on any atom is -0.480 e. The third-order valence-electron chi connectivity index (χ3n) is 3.75. The van der Waals surface area contributed by atoms with Gasteiger partial charge in [-0.15, -0.1) is 11.6 Å². The van der Waals surface area contributed by atoms with E-state index < -0.39 is 11.3 Å². The standard InChI is InChI=1S/C15H16ClNO2/c16-14(15(18)19)11-6-7-13(12(8-11)9-17)10-4-2-1-3-5-10/h6-8,10,14H,1-5H2,(H,18,19). The molecular weight excluding hydrogens is 262 g/mol. The van der Waals surface area contributed by atoms with Crippen LogP contribution in [-0.2, 0) is 4.79 Å². The summed E-state index contributed by atoms with van der Waals surface area (Å²) in [5.41, 5.74) is 2.08. The lowest BCUT2D eigenvalue weighted by Crippen LogP contribution is -2.09. The van der Waals surface area contributed by atoms with E-state index in [-0.39, 0.29) is 0 Å². The van der Waals surface area contributed by atoms with Crippen LogP contribution in [0.4, 0.5) is 0 Å². The Morgan fingerprint density at radius 3 is 2.63 bits per heavy atom. The smallest absolute Gasteiger partial charge is 0.326 e. The first-order chi connectivity index (χ1) is 9.13. The molecule has 2 rings (SSSR count). The number of aliphatic carboxylic acids is 1. The lowest BCUT2D eigenvalue weighted by molar-refractivity contribution is -0.136. The summed E-state index contributed by atoms with van der Waals surface area (Å²) in [5, 5.41) is 17.1. The van der Waals surface area contributed by atoms with Gasteiger partial charge in [0.05, 0.1) is 11.6 Å². The predicted octanol–water partition coefficient (Wildman–Crippen LogP) is 3.97. The second kappa shape index (κ2) is 6.08. The van der Waals surface area contributed by atoms with Crippen LogP contribution >= 0.6 is 11.6 Å². The Labute approximate surface area is 117 Å². The monoisotopic (exact) mass is 277 g/mol. The van der Waals surface area contributed by atoms with Crippen LogP contribution in [0.5, 0.6) is 0 Å². The summed E-state index contributed by atoms with van der Waals surface area (Å²) in [5.74, 6) is -0.660. The third kappa shape index (κ3) is 3.08. The zero-order valence-corrected chi connectivity index (χ0v) is 11.4. The second-order valence-electron chi connectivity index (χ2n) is 4.99. The van der Waals surface area contributed by atoms with E-state index in [0.717, 1.165) is 18.4 Å². The van der Waals surface area contributed by atoms with Crippen LogP contribution in [0.15, 0.2) is 18.2 Å². The first-order valence-electron chi connectivity index (χ1n) is 6.54. The molecule has 3 nitrogen and oxygen atoms in total. The number of rotatable bonds is 3. The molecule has 1 fully saturated rings. The SMILES string of the molecule is N#Cc1cc(C(Cl)C(=O)O)ccc1C1CCCCC1. The molecule has 1 aliphatic carbocycles. The van der Waals surface area contributed by atoms with Gasteiger partial charge in [-0.25, -0.2) is 0 Å². The highest BCUT2D eigenvalue weighted by Gasteiger charge is 2.21. The van der Waals surface area contributed by atoms with Crippen LogP contribution in [-0.4, -0.2) is 11.1 Å². The molecule has 0 aromatic heterocycles. The number of hydrogen-bond donors (Lipinski definition) is 1. The molecule has 100 valence electrons. The van der Waals surface area contributed by atoms with Gasteiger partial charge in [0, 0.05) is 0 Å². The van der Waals surface area contributed by atoms with E-state index in [1.165, 1.54) is 19.3 Å². The molecule has 1 saturated carbocycles. The molecule has 0 aliphatic heterocycles. The van der Waals surface area contributed by atoms with Gasteiger partial charge >= 0.3 is 5.97 Å². The fourth-order valence-electron chi connectivity index (χ4n) is 2.74. The molecule has 0 heterocycles. The van der Waals surface area contributed by atoms with Gasteiger partial charge in [0.25, 0.3) is 0 Å². The number of carboxylic acid groups (broad SMARTS) is 1. The summed E-state index contributed by atoms with van der Waals surface area (Å²) >= 11 is 5.80. The highest BCUT2D eigenvalue weighted by Crippen LogP contribution is 2.35. The maximum Gasteiger partial charge on any atom is 0.326 e. The van der Waals surface area contributed by atoms with Crippen LogP contribution < -0.4 is 0 Å². The highest BCUT2D eigenvalue weighted by atomic mass is 35.5. The molecule has 0 saturated heterocycles. The van der Waals surface area contributed by atoms with Gasteiger partial charge in [0.1, 0.15) is 0 Å². The van der Waals surface area contributed by atoms with Crippen molar-refractivity contribution in [1.82, 2.24) is 0 Å². The Balaban J connectivity index is 2.31. The van der Waals surface area contributed by atoms with E-state index in [0.29, 0.717) is 17.0 Å². The van der Waals surface area contributed by atoms with Crippen molar-refractivity contribution in [1.29, 1.82) is 5.26 Å². The molecule has 19 heavy (non-hydrogen) atoms. The van der Waals surface area contributed by atoms with Crippen molar-refractivity contribution >= 4 is 17.6 Å². The molecule has 0 bridgehead atoms. The van der Waals surface area contributed by atoms with Gasteiger partial charge in [-0.2, -0.15) is 5.26 Å². The molecule has 1 N–H and O–H groups in total. The van der Waals surface area contributed by atoms with E-state index in [2.05, 4.69) is 6.07 Å². The third-order valence-corrected chi connectivity index (χ3v) is 4.19. The number of carboxylic acids is 1. The molecule has 0 amide bonds. The first-order valence-corrected chi connectivity index (χ1v) is 6.98. The first kappa shape index (κ1) is 13.9. The second-order valence-corrected chi connectivity index (χ2v) is 5.43. The minimum absolute atomic E-state index is 0.427. The normalized spacial score (nSPS) is 17.7. The number of nitrogens with zero attached hydrogens (tertiary/aromatic N) is 1. The molecule has 1 unspecified atom stereocenters. The molecule has 4 heteroatoms. The van der Waals surface area contributed by atoms with Gasteiger partial charge in [-0.1, -0.05) is 31.4 Å². The summed E-state index contributed by atoms with van der Waals surface area (Å²) in [6.07, 6.45) is 5.88. The largest absolute Gasteiger partial charge is 0.480 e. The maximum absolute atomic E-state index is 10.9. The highest BCUT2D eigenvalue weighted by molar-refractivity contribution is 6.29. The number of nitriles is 1. The summed E-state index contributed by atoms with van der Waals surface area (Å²) in [7, 11) is 0. The molecule has 1 aliphatic rings. The maximum atomic E-state index is 10.9. The van der Waals surface area contributed by atoms with Crippen LogP contribution in [0.25, 0.3) is 0 Å². The fraction of sp³-hybridized carbons (Fsp3) is 0.467. The van der Waals surface area contributed by atoms with Crippen molar-refractivity contribution in [3.05, 3.63) is 34.9 Å². The topological polar surface area (TPSA) is 61.1 Å². The number of alkyl halides is 1. The summed E-state index contributed by atoms with van der Waals surface area (Å²) in [6, 6.07) is 7.41. The minimum atomic E-state index is -1.09. The van der Waals surface area contributed by atoms with Crippen LogP contribution in [0.3, 0.4) is 0 Å². The summed E-state index contributed by atoms with van der Waals surface area (Å²) in [6.45, 7) is 0. The molecule has 0 radical (unpaired) electrons. The van der Waals surface area contributed by atoms with E-state index >= 15 is 0 Å². The van der Waals surface area contributed by atoms with E-state index in [1.807, 2.05) is 6.07 Å².